The second kappa shape index (κ2) is 10.5. The Morgan fingerprint density at radius 2 is 1.74 bits per heavy atom. The lowest BCUT2D eigenvalue weighted by Gasteiger charge is -2.36. The van der Waals surface area contributed by atoms with Crippen LogP contribution in [-0.2, 0) is 15.0 Å². The molecule has 0 aromatic carbocycles. The molecule has 0 heterocycles. The van der Waals surface area contributed by atoms with E-state index in [1.807, 2.05) is 6.92 Å². The van der Waals surface area contributed by atoms with Gasteiger partial charge in [0.15, 0.2) is 6.67 Å². The summed E-state index contributed by atoms with van der Waals surface area (Å²) >= 11 is 0. The van der Waals surface area contributed by atoms with Crippen LogP contribution in [0.5, 0.6) is 0 Å². The van der Waals surface area contributed by atoms with Gasteiger partial charge in [0.2, 0.25) is 0 Å². The van der Waals surface area contributed by atoms with Gasteiger partial charge >= 0.3 is 12.0 Å². The summed E-state index contributed by atoms with van der Waals surface area (Å²) < 4.78 is 97.8. The summed E-state index contributed by atoms with van der Waals surface area (Å²) in [4.78, 5) is 4.14. The first-order valence-electron chi connectivity index (χ1n) is 8.24. The Kier molecular flexibility index (Phi) is 10.1. The standard InChI is InChI=1S/C15H25F5N2O4S/c1-4-5-6-7-10-21(13-22(2,3)11-12-27(23,24)25)26-15(19,20)14(17,18)8-9-16/h4-7,10-13H2,1-3H3. The highest BCUT2D eigenvalue weighted by Crippen LogP contribution is 2.35. The Bertz CT molecular complexity index is 617. The first kappa shape index (κ1) is 26.0. The van der Waals surface area contributed by atoms with Crippen molar-refractivity contribution in [2.45, 2.75) is 44.6 Å². The normalized spacial score (nSPS) is 13.6. The molecule has 6 nitrogen and oxygen atoms in total. The van der Waals surface area contributed by atoms with Gasteiger partial charge < -0.3 is 9.04 Å². The molecule has 0 rings (SSSR count). The highest BCUT2D eigenvalue weighted by molar-refractivity contribution is 7.85. The molecule has 0 aromatic rings. The smallest absolute Gasteiger partial charge is 0.447 e. The Morgan fingerprint density at radius 1 is 1.15 bits per heavy atom. The lowest BCUT2D eigenvalue weighted by Crippen LogP contribution is -2.54. The van der Waals surface area contributed by atoms with Crippen LogP contribution in [-0.4, -0.2) is 74.2 Å². The second-order valence-corrected chi connectivity index (χ2v) is 8.25. The lowest BCUT2D eigenvalue weighted by molar-refractivity contribution is -0.904. The van der Waals surface area contributed by atoms with Crippen LogP contribution in [0, 0.1) is 12.1 Å². The van der Waals surface area contributed by atoms with E-state index in [-0.39, 0.29) is 23.7 Å². The van der Waals surface area contributed by atoms with E-state index in [0.29, 0.717) is 23.8 Å². The molecule has 0 radical (unpaired) electrons. The first-order chi connectivity index (χ1) is 12.2. The number of alkyl halides is 4. The second-order valence-electron chi connectivity index (χ2n) is 6.73. The molecule has 0 aromatic heterocycles. The van der Waals surface area contributed by atoms with E-state index in [1.165, 1.54) is 14.1 Å². The number of unbranched alkanes of at least 4 members (excludes halogenated alkanes) is 3. The van der Waals surface area contributed by atoms with E-state index in [9.17, 15) is 34.9 Å². The largest absolute Gasteiger partial charge is 0.748 e. The van der Waals surface area contributed by atoms with E-state index in [4.69, 9.17) is 0 Å². The molecule has 0 aliphatic heterocycles. The molecule has 0 bridgehead atoms. The van der Waals surface area contributed by atoms with Crippen molar-refractivity contribution >= 4 is 10.1 Å². The molecule has 0 saturated heterocycles. The van der Waals surface area contributed by atoms with Crippen molar-refractivity contribution in [3.8, 4) is 12.1 Å². The topological polar surface area (TPSA) is 69.7 Å². The van der Waals surface area contributed by atoms with Crippen molar-refractivity contribution in [2.24, 2.45) is 0 Å². The third-order valence-electron chi connectivity index (χ3n) is 3.56. The Morgan fingerprint density at radius 3 is 2.22 bits per heavy atom. The van der Waals surface area contributed by atoms with Crippen LogP contribution < -0.4 is 0 Å². The fourth-order valence-electron chi connectivity index (χ4n) is 2.07. The van der Waals surface area contributed by atoms with Gasteiger partial charge in [-0.3, -0.25) is 0 Å². The molecule has 0 saturated carbocycles. The average Bonchev–Trinajstić information content (AvgIpc) is 2.48. The number of hydrogen-bond donors (Lipinski definition) is 0. The Balaban J connectivity index is 5.23. The maximum atomic E-state index is 13.7. The summed E-state index contributed by atoms with van der Waals surface area (Å²) in [6.45, 7) is 1.12. The van der Waals surface area contributed by atoms with Crippen LogP contribution in [0.1, 0.15) is 32.6 Å². The van der Waals surface area contributed by atoms with E-state index >= 15 is 0 Å². The molecule has 0 unspecified atom stereocenters. The third kappa shape index (κ3) is 10.8. The van der Waals surface area contributed by atoms with Crippen molar-refractivity contribution in [1.29, 1.82) is 0 Å². The minimum absolute atomic E-state index is 0.152. The summed E-state index contributed by atoms with van der Waals surface area (Å²) in [5.74, 6) is -5.34. The molecule has 0 fully saturated rings. The van der Waals surface area contributed by atoms with Crippen molar-refractivity contribution < 1.29 is 44.2 Å². The van der Waals surface area contributed by atoms with Gasteiger partial charge in [0.05, 0.1) is 26.4 Å². The molecule has 0 aliphatic rings. The number of nitrogens with zero attached hydrogens (tertiary/aromatic N) is 2. The molecule has 0 amide bonds. The Labute approximate surface area is 156 Å². The third-order valence-corrected chi connectivity index (χ3v) is 4.24. The molecular formula is C15H25F5N2O4S. The van der Waals surface area contributed by atoms with Gasteiger partial charge in [-0.1, -0.05) is 26.2 Å². The molecule has 0 atom stereocenters. The van der Waals surface area contributed by atoms with Gasteiger partial charge in [0.25, 0.3) is 0 Å². The predicted octanol–water partition coefficient (Wildman–Crippen LogP) is 2.54. The van der Waals surface area contributed by atoms with Crippen LogP contribution in [0.3, 0.4) is 0 Å². The molecular weight excluding hydrogens is 399 g/mol. The van der Waals surface area contributed by atoms with Gasteiger partial charge in [0, 0.05) is 12.5 Å². The molecule has 0 aliphatic carbocycles. The number of quaternary nitrogens is 1. The van der Waals surface area contributed by atoms with E-state index < -0.39 is 34.6 Å². The minimum Gasteiger partial charge on any atom is -0.748 e. The summed E-state index contributed by atoms with van der Waals surface area (Å²) in [7, 11) is -1.69. The van der Waals surface area contributed by atoms with Gasteiger partial charge in [-0.2, -0.15) is 17.6 Å². The van der Waals surface area contributed by atoms with Crippen LogP contribution in [0.15, 0.2) is 0 Å². The molecule has 160 valence electrons. The Hall–Kier alpha value is -1.00. The maximum absolute atomic E-state index is 13.7. The molecule has 0 N–H and O–H groups in total. The summed E-state index contributed by atoms with van der Waals surface area (Å²) in [5.41, 5.74) is 0. The van der Waals surface area contributed by atoms with Crippen LogP contribution in [0.25, 0.3) is 0 Å². The maximum Gasteiger partial charge on any atom is 0.447 e. The van der Waals surface area contributed by atoms with E-state index in [1.54, 1.807) is 0 Å². The quantitative estimate of drug-likeness (QED) is 0.0865. The minimum atomic E-state index is -5.10. The lowest BCUT2D eigenvalue weighted by atomic mass is 10.2. The van der Waals surface area contributed by atoms with Crippen molar-refractivity contribution in [3.05, 3.63) is 0 Å². The van der Waals surface area contributed by atoms with Crippen LogP contribution >= 0.6 is 0 Å². The van der Waals surface area contributed by atoms with Gasteiger partial charge in [-0.25, -0.2) is 13.3 Å². The molecule has 27 heavy (non-hydrogen) atoms. The number of rotatable bonds is 13. The van der Waals surface area contributed by atoms with E-state index in [0.717, 1.165) is 12.8 Å². The first-order valence-corrected chi connectivity index (χ1v) is 9.81. The monoisotopic (exact) mass is 424 g/mol. The van der Waals surface area contributed by atoms with Gasteiger partial charge in [-0.15, -0.1) is 9.45 Å². The predicted molar refractivity (Wildman–Crippen MR) is 87.1 cm³/mol. The summed E-state index contributed by atoms with van der Waals surface area (Å²) in [6, 6.07) is 0. The fraction of sp³-hybridized carbons (Fsp3) is 0.867. The molecule has 12 heteroatoms. The highest BCUT2D eigenvalue weighted by Gasteiger charge is 2.59. The fourth-order valence-corrected chi connectivity index (χ4v) is 2.79. The van der Waals surface area contributed by atoms with Crippen molar-refractivity contribution in [1.82, 2.24) is 5.06 Å². The van der Waals surface area contributed by atoms with Crippen molar-refractivity contribution in [3.63, 3.8) is 0 Å². The zero-order chi connectivity index (χ0) is 21.4. The number of halogens is 5. The van der Waals surface area contributed by atoms with Crippen LogP contribution in [0.2, 0.25) is 0 Å². The number of hydrogen-bond acceptors (Lipinski definition) is 5. The van der Waals surface area contributed by atoms with Crippen LogP contribution in [0.4, 0.5) is 22.0 Å². The average molecular weight is 424 g/mol. The molecule has 0 spiro atoms. The zero-order valence-corrected chi connectivity index (χ0v) is 16.3. The SMILES string of the molecule is CCCCCCN(C[N+](C)(C)CCS(=O)(=O)[O-])OC(F)(F)C(F)(F)C#CF. The summed E-state index contributed by atoms with van der Waals surface area (Å²) in [6.07, 6.45) is -2.22. The highest BCUT2D eigenvalue weighted by atomic mass is 32.2. The number of hydroxylamine groups is 2. The van der Waals surface area contributed by atoms with Gasteiger partial charge in [-0.05, 0) is 6.42 Å². The van der Waals surface area contributed by atoms with Gasteiger partial charge in [0.1, 0.15) is 16.3 Å². The van der Waals surface area contributed by atoms with Crippen molar-refractivity contribution in [2.75, 3.05) is 39.6 Å². The summed E-state index contributed by atoms with van der Waals surface area (Å²) in [5, 5.41) is 0.570. The van der Waals surface area contributed by atoms with E-state index in [2.05, 4.69) is 4.84 Å². The zero-order valence-electron chi connectivity index (χ0n) is 15.5.